The quantitative estimate of drug-likeness (QED) is 0.730. The van der Waals surface area contributed by atoms with Crippen LogP contribution in [0.5, 0.6) is 6.01 Å². The predicted molar refractivity (Wildman–Crippen MR) is 90.7 cm³/mol. The molecular formula is C16H26N6O2. The van der Waals surface area contributed by atoms with Gasteiger partial charge in [-0.1, -0.05) is 13.3 Å². The third kappa shape index (κ3) is 3.44. The fraction of sp³-hybridized carbons (Fsp3) is 0.688. The number of fused-ring (bicyclic) bond motifs is 1. The summed E-state index contributed by atoms with van der Waals surface area (Å²) in [4.78, 5) is 8.45. The predicted octanol–water partition coefficient (Wildman–Crippen LogP) is 1.31. The summed E-state index contributed by atoms with van der Waals surface area (Å²) in [7, 11) is 0. The summed E-state index contributed by atoms with van der Waals surface area (Å²) >= 11 is 0. The van der Waals surface area contributed by atoms with E-state index in [9.17, 15) is 5.11 Å². The maximum atomic E-state index is 10.7. The number of nitrogens with two attached hydrogens (primary N) is 1. The molecule has 3 heterocycles. The number of imidazole rings is 1. The lowest BCUT2D eigenvalue weighted by Crippen LogP contribution is -2.31. The molecule has 2 aromatic rings. The van der Waals surface area contributed by atoms with E-state index < -0.39 is 6.10 Å². The van der Waals surface area contributed by atoms with Crippen molar-refractivity contribution in [3.05, 3.63) is 11.9 Å². The lowest BCUT2D eigenvalue weighted by molar-refractivity contribution is 0.0831. The molecule has 0 amide bonds. The van der Waals surface area contributed by atoms with Crippen molar-refractivity contribution in [2.24, 2.45) is 5.92 Å². The van der Waals surface area contributed by atoms with Crippen molar-refractivity contribution in [2.45, 2.75) is 51.7 Å². The third-order valence-electron chi connectivity index (χ3n) is 4.53. The summed E-state index contributed by atoms with van der Waals surface area (Å²) in [5.41, 5.74) is 7.08. The van der Waals surface area contributed by atoms with E-state index in [1.807, 2.05) is 6.92 Å². The van der Waals surface area contributed by atoms with Crippen LogP contribution in [0.25, 0.3) is 5.65 Å². The van der Waals surface area contributed by atoms with Crippen LogP contribution in [0.4, 0.5) is 5.82 Å². The molecule has 0 bridgehead atoms. The molecule has 2 aromatic heterocycles. The molecule has 3 rings (SSSR count). The van der Waals surface area contributed by atoms with Crippen molar-refractivity contribution >= 4 is 11.5 Å². The normalized spacial score (nSPS) is 18.6. The first-order valence-electron chi connectivity index (χ1n) is 8.66. The Bertz CT molecular complexity index is 683. The highest BCUT2D eigenvalue weighted by atomic mass is 16.5. The molecule has 8 nitrogen and oxygen atoms in total. The van der Waals surface area contributed by atoms with E-state index in [1.165, 1.54) is 0 Å². The number of anilines is 1. The first-order valence-corrected chi connectivity index (χ1v) is 8.66. The second-order valence-corrected chi connectivity index (χ2v) is 6.45. The first-order chi connectivity index (χ1) is 11.6. The molecule has 2 atom stereocenters. The van der Waals surface area contributed by atoms with Crippen molar-refractivity contribution in [1.82, 2.24) is 24.9 Å². The Labute approximate surface area is 141 Å². The van der Waals surface area contributed by atoms with Gasteiger partial charge in [-0.3, -0.25) is 0 Å². The first kappa shape index (κ1) is 16.9. The highest BCUT2D eigenvalue weighted by molar-refractivity contribution is 5.59. The molecule has 1 saturated heterocycles. The Kier molecular flexibility index (Phi) is 5.15. The number of aromatic nitrogens is 4. The lowest BCUT2D eigenvalue weighted by atomic mass is 9.91. The Morgan fingerprint density at radius 2 is 2.21 bits per heavy atom. The summed E-state index contributed by atoms with van der Waals surface area (Å²) in [6, 6.07) is 0.220. The summed E-state index contributed by atoms with van der Waals surface area (Å²) in [5.74, 6) is 0.443. The molecule has 1 unspecified atom stereocenters. The molecule has 1 aliphatic heterocycles. The topological polar surface area (TPSA) is 111 Å². The van der Waals surface area contributed by atoms with E-state index in [1.54, 1.807) is 10.7 Å². The smallest absolute Gasteiger partial charge is 0.336 e. The molecule has 1 aliphatic rings. The molecule has 0 aromatic carbocycles. The van der Waals surface area contributed by atoms with Crippen LogP contribution in [-0.4, -0.2) is 43.9 Å². The number of nitrogens with one attached hydrogen (secondary N) is 1. The maximum Gasteiger partial charge on any atom is 0.336 e. The fourth-order valence-corrected chi connectivity index (χ4v) is 3.20. The molecule has 0 radical (unpaired) electrons. The van der Waals surface area contributed by atoms with Crippen molar-refractivity contribution in [1.29, 1.82) is 0 Å². The van der Waals surface area contributed by atoms with Crippen LogP contribution in [-0.2, 0) is 0 Å². The van der Waals surface area contributed by atoms with Gasteiger partial charge in [0.1, 0.15) is 6.10 Å². The number of aliphatic hydroxyl groups is 1. The van der Waals surface area contributed by atoms with Gasteiger partial charge < -0.3 is 20.9 Å². The Morgan fingerprint density at radius 3 is 2.92 bits per heavy atom. The van der Waals surface area contributed by atoms with Crippen molar-refractivity contribution in [3.8, 4) is 6.01 Å². The second kappa shape index (κ2) is 7.31. The van der Waals surface area contributed by atoms with E-state index in [0.29, 0.717) is 11.3 Å². The number of aliphatic hydroxyl groups excluding tert-OH is 1. The van der Waals surface area contributed by atoms with Gasteiger partial charge in [-0.05, 0) is 45.2 Å². The molecular weight excluding hydrogens is 308 g/mol. The zero-order valence-corrected chi connectivity index (χ0v) is 14.3. The third-order valence-corrected chi connectivity index (χ3v) is 4.53. The number of piperidine rings is 1. The Hall–Kier alpha value is -1.93. The van der Waals surface area contributed by atoms with Gasteiger partial charge in [0.15, 0.2) is 11.5 Å². The zero-order chi connectivity index (χ0) is 17.1. The zero-order valence-electron chi connectivity index (χ0n) is 14.3. The average molecular weight is 334 g/mol. The van der Waals surface area contributed by atoms with Gasteiger partial charge in [0.25, 0.3) is 0 Å². The Balaban J connectivity index is 1.89. The highest BCUT2D eigenvalue weighted by Gasteiger charge is 2.27. The van der Waals surface area contributed by atoms with E-state index in [4.69, 9.17) is 10.5 Å². The minimum atomic E-state index is -0.627. The van der Waals surface area contributed by atoms with E-state index in [2.05, 4.69) is 27.3 Å². The van der Waals surface area contributed by atoms with Crippen LogP contribution in [0.2, 0.25) is 0 Å². The van der Waals surface area contributed by atoms with Gasteiger partial charge in [-0.25, -0.2) is 9.50 Å². The van der Waals surface area contributed by atoms with Crippen LogP contribution < -0.4 is 15.8 Å². The minimum absolute atomic E-state index is 0.00756. The van der Waals surface area contributed by atoms with Crippen molar-refractivity contribution in [3.63, 3.8) is 0 Å². The van der Waals surface area contributed by atoms with Crippen LogP contribution in [0.15, 0.2) is 6.20 Å². The number of hydrogen-bond donors (Lipinski definition) is 3. The molecule has 0 saturated carbocycles. The number of nitrogens with zero attached hydrogens (tertiary/aromatic N) is 4. The molecule has 24 heavy (non-hydrogen) atoms. The van der Waals surface area contributed by atoms with Crippen LogP contribution >= 0.6 is 0 Å². The molecule has 8 heteroatoms. The number of rotatable bonds is 6. The average Bonchev–Trinajstić information content (AvgIpc) is 2.99. The summed E-state index contributed by atoms with van der Waals surface area (Å²) in [6.07, 6.45) is 4.79. The monoisotopic (exact) mass is 334 g/mol. The summed E-state index contributed by atoms with van der Waals surface area (Å²) in [6.45, 7) is 5.91. The highest BCUT2D eigenvalue weighted by Crippen LogP contribution is 2.29. The summed E-state index contributed by atoms with van der Waals surface area (Å²) < 4.78 is 7.32. The van der Waals surface area contributed by atoms with Crippen LogP contribution in [0, 0.1) is 5.92 Å². The van der Waals surface area contributed by atoms with Crippen LogP contribution in [0.1, 0.15) is 51.3 Å². The van der Waals surface area contributed by atoms with Gasteiger partial charge in [-0.15, -0.1) is 5.10 Å². The largest absolute Gasteiger partial charge is 0.459 e. The lowest BCUT2D eigenvalue weighted by Gasteiger charge is -2.26. The second-order valence-electron chi connectivity index (χ2n) is 6.45. The number of hydrogen-bond acceptors (Lipinski definition) is 7. The van der Waals surface area contributed by atoms with Gasteiger partial charge in [-0.2, -0.15) is 4.98 Å². The molecule has 132 valence electrons. The standard InChI is InChI=1S/C16H26N6O2/c1-3-4-10(2)24-16-20-14(17)15-19-9-12(22(15)21-16)13(23)11-5-7-18-8-6-11/h9-11,13,18,23H,3-8H2,1-2H3,(H2,17,20,21)/t10-,13?/m0/s1. The number of nitrogen functional groups attached to an aromatic ring is 1. The Morgan fingerprint density at radius 1 is 1.46 bits per heavy atom. The van der Waals surface area contributed by atoms with E-state index in [0.717, 1.165) is 38.8 Å². The maximum absolute atomic E-state index is 10.7. The summed E-state index contributed by atoms with van der Waals surface area (Å²) in [5, 5.41) is 18.5. The SMILES string of the molecule is CCC[C@H](C)Oc1nc(N)c2ncc(C(O)C3CCNCC3)n2n1. The van der Waals surface area contributed by atoms with Gasteiger partial charge >= 0.3 is 6.01 Å². The van der Waals surface area contributed by atoms with Gasteiger partial charge in [0.2, 0.25) is 0 Å². The molecule has 0 aliphatic carbocycles. The number of ether oxygens (including phenoxy) is 1. The molecule has 1 fully saturated rings. The molecule has 0 spiro atoms. The van der Waals surface area contributed by atoms with Crippen molar-refractivity contribution < 1.29 is 9.84 Å². The minimum Gasteiger partial charge on any atom is -0.459 e. The van der Waals surface area contributed by atoms with E-state index >= 15 is 0 Å². The van der Waals surface area contributed by atoms with Gasteiger partial charge in [0, 0.05) is 0 Å². The van der Waals surface area contributed by atoms with Gasteiger partial charge in [0.05, 0.1) is 18.0 Å². The van der Waals surface area contributed by atoms with E-state index in [-0.39, 0.29) is 23.9 Å². The van der Waals surface area contributed by atoms with Crippen molar-refractivity contribution in [2.75, 3.05) is 18.8 Å². The molecule has 4 N–H and O–H groups in total. The van der Waals surface area contributed by atoms with Crippen LogP contribution in [0.3, 0.4) is 0 Å². The fourth-order valence-electron chi connectivity index (χ4n) is 3.20.